The van der Waals surface area contributed by atoms with E-state index < -0.39 is 11.1 Å². The molecule has 0 spiro atoms. The Morgan fingerprint density at radius 3 is 2.45 bits per heavy atom. The van der Waals surface area contributed by atoms with E-state index in [0.717, 1.165) is 51.8 Å². The highest BCUT2D eigenvalue weighted by Crippen LogP contribution is 2.49. The first-order valence-electron chi connectivity index (χ1n) is 14.5. The second-order valence-corrected chi connectivity index (χ2v) is 12.3. The molecule has 0 radical (unpaired) electrons. The van der Waals surface area contributed by atoms with Crippen molar-refractivity contribution in [3.8, 4) is 11.3 Å². The molecule has 1 aliphatic carbocycles. The first-order valence-corrected chi connectivity index (χ1v) is 14.5. The summed E-state index contributed by atoms with van der Waals surface area (Å²) >= 11 is 0. The van der Waals surface area contributed by atoms with Gasteiger partial charge in [0.05, 0.1) is 11.1 Å². The summed E-state index contributed by atoms with van der Waals surface area (Å²) < 4.78 is 11.0. The van der Waals surface area contributed by atoms with E-state index in [0.29, 0.717) is 37.6 Å². The zero-order valence-corrected chi connectivity index (χ0v) is 24.9. The zero-order valence-electron chi connectivity index (χ0n) is 24.9. The van der Waals surface area contributed by atoms with Gasteiger partial charge in [-0.1, -0.05) is 12.1 Å². The van der Waals surface area contributed by atoms with Crippen LogP contribution in [0.1, 0.15) is 61.0 Å². The summed E-state index contributed by atoms with van der Waals surface area (Å²) in [7, 11) is 0. The Labute approximate surface area is 245 Å². The van der Waals surface area contributed by atoms with Crippen LogP contribution in [0.15, 0.2) is 59.3 Å². The summed E-state index contributed by atoms with van der Waals surface area (Å²) in [6.07, 6.45) is 4.84. The average Bonchev–Trinajstić information content (AvgIpc) is 3.61. The predicted octanol–water partition coefficient (Wildman–Crippen LogP) is 5.98. The molecule has 2 aromatic heterocycles. The smallest absolute Gasteiger partial charge is 0.410 e. The summed E-state index contributed by atoms with van der Waals surface area (Å²) in [4.78, 5) is 39.5. The van der Waals surface area contributed by atoms with E-state index in [-0.39, 0.29) is 12.0 Å². The zero-order chi connectivity index (χ0) is 29.6. The summed E-state index contributed by atoms with van der Waals surface area (Å²) in [6, 6.07) is 14.1. The molecule has 0 atom stereocenters. The Hall–Kier alpha value is -4.40. The number of anilines is 1. The maximum absolute atomic E-state index is 13.9. The first-order chi connectivity index (χ1) is 20.0. The van der Waals surface area contributed by atoms with Gasteiger partial charge in [-0.2, -0.15) is 0 Å². The maximum Gasteiger partial charge on any atom is 0.410 e. The van der Waals surface area contributed by atoms with Gasteiger partial charge in [-0.25, -0.2) is 9.78 Å². The lowest BCUT2D eigenvalue weighted by Gasteiger charge is -2.37. The van der Waals surface area contributed by atoms with Crippen molar-refractivity contribution in [2.45, 2.75) is 58.6 Å². The van der Waals surface area contributed by atoms with Crippen molar-refractivity contribution in [2.75, 3.05) is 31.1 Å². The maximum atomic E-state index is 13.9. The van der Waals surface area contributed by atoms with Gasteiger partial charge < -0.3 is 24.3 Å². The van der Waals surface area contributed by atoms with Gasteiger partial charge in [0.1, 0.15) is 17.6 Å². The topological polar surface area (TPSA) is 101 Å². The second kappa shape index (κ2) is 10.5. The van der Waals surface area contributed by atoms with Crippen LogP contribution in [0.5, 0.6) is 0 Å². The molecule has 2 aliphatic rings. The van der Waals surface area contributed by atoms with Gasteiger partial charge in [0.15, 0.2) is 5.89 Å². The molecule has 6 rings (SSSR count). The van der Waals surface area contributed by atoms with Crippen molar-refractivity contribution >= 4 is 28.6 Å². The van der Waals surface area contributed by atoms with E-state index in [4.69, 9.17) is 9.15 Å². The van der Waals surface area contributed by atoms with Gasteiger partial charge in [0.2, 0.25) is 0 Å². The Morgan fingerprint density at radius 2 is 1.79 bits per heavy atom. The van der Waals surface area contributed by atoms with Crippen LogP contribution in [-0.2, 0) is 10.3 Å². The Kier molecular flexibility index (Phi) is 6.91. The Bertz CT molecular complexity index is 1660. The molecule has 4 aromatic rings. The van der Waals surface area contributed by atoms with Crippen molar-refractivity contribution in [2.24, 2.45) is 0 Å². The van der Waals surface area contributed by atoms with Gasteiger partial charge in [-0.05, 0) is 82.0 Å². The van der Waals surface area contributed by atoms with Crippen molar-refractivity contribution in [3.63, 3.8) is 0 Å². The highest BCUT2D eigenvalue weighted by Gasteiger charge is 2.47. The fraction of sp³-hybridized carbons (Fsp3) is 0.394. The lowest BCUT2D eigenvalue weighted by molar-refractivity contribution is 0.0240. The molecule has 2 amide bonds. The normalized spacial score (nSPS) is 16.4. The van der Waals surface area contributed by atoms with Crippen LogP contribution in [0.4, 0.5) is 10.5 Å². The number of hydrogen-bond donors (Lipinski definition) is 1. The van der Waals surface area contributed by atoms with E-state index in [1.807, 2.05) is 65.0 Å². The molecule has 42 heavy (non-hydrogen) atoms. The fourth-order valence-corrected chi connectivity index (χ4v) is 5.62. The van der Waals surface area contributed by atoms with Gasteiger partial charge in [0.25, 0.3) is 5.91 Å². The third-order valence-corrected chi connectivity index (χ3v) is 8.02. The number of hydrogen-bond acceptors (Lipinski definition) is 7. The number of nitrogens with one attached hydrogen (secondary N) is 1. The summed E-state index contributed by atoms with van der Waals surface area (Å²) in [6.45, 7) is 11.9. The number of carbonyl (C=O) groups is 2. The Balaban J connectivity index is 1.23. The monoisotopic (exact) mass is 567 g/mol. The van der Waals surface area contributed by atoms with Crippen LogP contribution in [-0.4, -0.2) is 58.6 Å². The number of pyridine rings is 1. The van der Waals surface area contributed by atoms with Crippen LogP contribution in [0, 0.1) is 13.8 Å². The number of nitrogens with zero attached hydrogens (tertiary/aromatic N) is 4. The number of oxazole rings is 1. The molecule has 1 saturated carbocycles. The van der Waals surface area contributed by atoms with E-state index >= 15 is 0 Å². The minimum absolute atomic E-state index is 0.0982. The number of rotatable bonds is 5. The van der Waals surface area contributed by atoms with Gasteiger partial charge in [-0.3, -0.25) is 9.78 Å². The molecule has 3 heterocycles. The van der Waals surface area contributed by atoms with Gasteiger partial charge >= 0.3 is 6.09 Å². The second-order valence-electron chi connectivity index (χ2n) is 12.3. The third kappa shape index (κ3) is 5.55. The molecule has 9 nitrogen and oxygen atoms in total. The van der Waals surface area contributed by atoms with E-state index in [2.05, 4.69) is 32.3 Å². The molecule has 1 aliphatic heterocycles. The summed E-state index contributed by atoms with van der Waals surface area (Å²) in [5, 5.41) is 4.41. The SMILES string of the molecule is Cc1nc(-c2cc(C3(NC(=O)c4cc(N5CCN(C(=O)OC(C)(C)C)CC5)ccc4C)CC3)c3cccnc3c2)co1. The number of fused-ring (bicyclic) bond motifs is 1. The average molecular weight is 568 g/mol. The van der Waals surface area contributed by atoms with Crippen molar-refractivity contribution in [1.29, 1.82) is 0 Å². The van der Waals surface area contributed by atoms with Crippen molar-refractivity contribution < 1.29 is 18.7 Å². The van der Waals surface area contributed by atoms with Crippen LogP contribution >= 0.6 is 0 Å². The molecule has 2 fully saturated rings. The Morgan fingerprint density at radius 1 is 1.02 bits per heavy atom. The van der Waals surface area contributed by atoms with Crippen molar-refractivity contribution in [1.82, 2.24) is 20.2 Å². The predicted molar refractivity (Wildman–Crippen MR) is 162 cm³/mol. The largest absolute Gasteiger partial charge is 0.449 e. The standard InChI is InChI=1S/C33H37N5O4/c1-21-8-9-24(37-13-15-38(16-14-37)31(40)42-32(3,4)5)19-26(21)30(39)36-33(10-11-33)27-17-23(29-20-41-22(2)35-29)18-28-25(27)7-6-12-34-28/h6-9,12,17-20H,10-11,13-16H2,1-5H3,(H,36,39). The van der Waals surface area contributed by atoms with E-state index in [9.17, 15) is 9.59 Å². The third-order valence-electron chi connectivity index (χ3n) is 8.02. The van der Waals surface area contributed by atoms with E-state index in [1.165, 1.54) is 0 Å². The molecule has 218 valence electrons. The molecular weight excluding hydrogens is 530 g/mol. The van der Waals surface area contributed by atoms with Crippen LogP contribution in [0.3, 0.4) is 0 Å². The lowest BCUT2D eigenvalue weighted by atomic mass is 9.95. The summed E-state index contributed by atoms with van der Waals surface area (Å²) in [5.74, 6) is 0.502. The molecule has 1 N–H and O–H groups in total. The number of piperazine rings is 1. The molecule has 2 aromatic carbocycles. The highest BCUT2D eigenvalue weighted by molar-refractivity contribution is 5.98. The number of aromatic nitrogens is 2. The molecule has 9 heteroatoms. The van der Waals surface area contributed by atoms with Gasteiger partial charge in [0, 0.05) is 61.5 Å². The van der Waals surface area contributed by atoms with Crippen LogP contribution in [0.2, 0.25) is 0 Å². The number of carbonyl (C=O) groups excluding carboxylic acids is 2. The molecule has 0 bridgehead atoms. The number of benzene rings is 2. The minimum Gasteiger partial charge on any atom is -0.449 e. The number of aryl methyl sites for hydroxylation is 2. The quantitative estimate of drug-likeness (QED) is 0.316. The molecular formula is C33H37N5O4. The van der Waals surface area contributed by atoms with Crippen LogP contribution in [0.25, 0.3) is 22.2 Å². The highest BCUT2D eigenvalue weighted by atomic mass is 16.6. The minimum atomic E-state index is -0.522. The van der Waals surface area contributed by atoms with Crippen LogP contribution < -0.4 is 10.2 Å². The molecule has 1 saturated heterocycles. The van der Waals surface area contributed by atoms with E-state index in [1.54, 1.807) is 17.4 Å². The van der Waals surface area contributed by atoms with Gasteiger partial charge in [-0.15, -0.1) is 0 Å². The first kappa shape index (κ1) is 27.8. The summed E-state index contributed by atoms with van der Waals surface area (Å²) in [5.41, 5.74) is 5.10. The van der Waals surface area contributed by atoms with Crippen molar-refractivity contribution in [3.05, 3.63) is 77.5 Å². The number of amides is 2. The molecule has 0 unspecified atom stereocenters. The number of ether oxygens (including phenoxy) is 1. The fourth-order valence-electron chi connectivity index (χ4n) is 5.62. The lowest BCUT2D eigenvalue weighted by Crippen LogP contribution is -2.50.